The first-order valence-electron chi connectivity index (χ1n) is 10.1. The molecule has 1 heterocycles. The molecule has 0 aliphatic heterocycles. The first kappa shape index (κ1) is 23.2. The average molecular weight is 494 g/mol. The van der Waals surface area contributed by atoms with Gasteiger partial charge in [-0.2, -0.15) is 0 Å². The van der Waals surface area contributed by atoms with Crippen molar-refractivity contribution in [1.29, 1.82) is 0 Å². The highest BCUT2D eigenvalue weighted by Crippen LogP contribution is 2.20. The minimum Gasteiger partial charge on any atom is -0.489 e. The number of ether oxygens (including phenoxy) is 1. The van der Waals surface area contributed by atoms with Crippen LogP contribution < -0.4 is 15.4 Å². The molecule has 0 bridgehead atoms. The fraction of sp³-hybridized carbons (Fsp3) is 0.160. The predicted octanol–water partition coefficient (Wildman–Crippen LogP) is 4.89. The summed E-state index contributed by atoms with van der Waals surface area (Å²) in [4.78, 5) is 28.2. The van der Waals surface area contributed by atoms with Crippen LogP contribution in [0.1, 0.15) is 23.1 Å². The van der Waals surface area contributed by atoms with E-state index >= 15 is 0 Å². The smallest absolute Gasteiger partial charge is 0.244 e. The highest BCUT2D eigenvalue weighted by molar-refractivity contribution is 9.10. The summed E-state index contributed by atoms with van der Waals surface area (Å²) in [5.74, 6) is 0.327. The number of halogens is 1. The normalized spacial score (nSPS) is 10.7. The number of pyridine rings is 1. The molecule has 7 heteroatoms. The molecule has 32 heavy (non-hydrogen) atoms. The zero-order valence-electron chi connectivity index (χ0n) is 17.7. The molecule has 0 fully saturated rings. The quantitative estimate of drug-likeness (QED) is 0.415. The van der Waals surface area contributed by atoms with E-state index in [4.69, 9.17) is 4.74 Å². The Bertz CT molecular complexity index is 1080. The number of aryl methyl sites for hydroxylation is 1. The van der Waals surface area contributed by atoms with E-state index in [9.17, 15) is 9.59 Å². The minimum absolute atomic E-state index is 0.155. The van der Waals surface area contributed by atoms with Crippen molar-refractivity contribution in [3.63, 3.8) is 0 Å². The van der Waals surface area contributed by atoms with Gasteiger partial charge >= 0.3 is 0 Å². The first-order valence-corrected chi connectivity index (χ1v) is 10.9. The molecule has 0 radical (unpaired) electrons. The monoisotopic (exact) mass is 493 g/mol. The van der Waals surface area contributed by atoms with Gasteiger partial charge in [-0.1, -0.05) is 40.2 Å². The van der Waals surface area contributed by atoms with E-state index in [2.05, 4.69) is 31.5 Å². The number of carbonyl (C=O) groups is 2. The molecule has 0 aliphatic carbocycles. The van der Waals surface area contributed by atoms with Gasteiger partial charge in [-0.15, -0.1) is 0 Å². The summed E-state index contributed by atoms with van der Waals surface area (Å²) >= 11 is 3.39. The number of aromatic nitrogens is 1. The van der Waals surface area contributed by atoms with Gasteiger partial charge in [0, 0.05) is 47.2 Å². The summed E-state index contributed by atoms with van der Waals surface area (Å²) in [6.45, 7) is 2.62. The van der Waals surface area contributed by atoms with Gasteiger partial charge in [0.05, 0.1) is 0 Å². The number of carbonyl (C=O) groups excluding carboxylic acids is 2. The van der Waals surface area contributed by atoms with Crippen LogP contribution in [0.15, 0.2) is 77.5 Å². The maximum absolute atomic E-state index is 12.1. The SMILES string of the molecule is Cc1ccc(Br)cc1NC(=O)CCNC(=O)/C=C/c1ccc(OCc2cccnc2)cc1. The molecule has 6 nitrogen and oxygen atoms in total. The van der Waals surface area contributed by atoms with Crippen molar-refractivity contribution >= 4 is 39.5 Å². The van der Waals surface area contributed by atoms with Crippen molar-refractivity contribution in [2.75, 3.05) is 11.9 Å². The summed E-state index contributed by atoms with van der Waals surface area (Å²) in [6.07, 6.45) is 6.84. The second-order valence-corrected chi connectivity index (χ2v) is 8.02. The lowest BCUT2D eigenvalue weighted by atomic mass is 10.2. The third-order valence-electron chi connectivity index (χ3n) is 4.56. The summed E-state index contributed by atoms with van der Waals surface area (Å²) in [6, 6.07) is 17.0. The van der Waals surface area contributed by atoms with Gasteiger partial charge in [-0.3, -0.25) is 14.6 Å². The van der Waals surface area contributed by atoms with Gasteiger partial charge in [-0.05, 0) is 54.5 Å². The summed E-state index contributed by atoms with van der Waals surface area (Å²) in [5, 5.41) is 5.57. The standard InChI is InChI=1S/C25H24BrN3O3/c1-18-4-8-21(26)15-23(18)29-25(31)12-14-28-24(30)11-7-19-5-9-22(10-6-19)32-17-20-3-2-13-27-16-20/h2-11,13,15-16H,12,14,17H2,1H3,(H,28,30)(H,29,31)/b11-7+. The zero-order valence-corrected chi connectivity index (χ0v) is 19.3. The summed E-state index contributed by atoms with van der Waals surface area (Å²) < 4.78 is 6.61. The molecule has 1 aromatic heterocycles. The number of nitrogens with zero attached hydrogens (tertiary/aromatic N) is 1. The molecule has 2 amide bonds. The Balaban J connectivity index is 1.39. The first-order chi connectivity index (χ1) is 15.5. The molecule has 0 saturated heterocycles. The van der Waals surface area contributed by atoms with Crippen LogP contribution in [0.3, 0.4) is 0 Å². The van der Waals surface area contributed by atoms with E-state index in [1.54, 1.807) is 18.5 Å². The largest absolute Gasteiger partial charge is 0.489 e. The van der Waals surface area contributed by atoms with Crippen LogP contribution in [0.2, 0.25) is 0 Å². The molecule has 3 rings (SSSR count). The summed E-state index contributed by atoms with van der Waals surface area (Å²) in [5.41, 5.74) is 3.59. The molecule has 0 spiro atoms. The number of hydrogen-bond donors (Lipinski definition) is 2. The lowest BCUT2D eigenvalue weighted by molar-refractivity contribution is -0.117. The maximum atomic E-state index is 12.1. The van der Waals surface area contributed by atoms with E-state index in [-0.39, 0.29) is 24.8 Å². The third-order valence-corrected chi connectivity index (χ3v) is 5.05. The van der Waals surface area contributed by atoms with Gasteiger partial charge in [0.1, 0.15) is 12.4 Å². The summed E-state index contributed by atoms with van der Waals surface area (Å²) in [7, 11) is 0. The van der Waals surface area contributed by atoms with Crippen LogP contribution in [0.4, 0.5) is 5.69 Å². The molecule has 0 unspecified atom stereocenters. The molecule has 3 aromatic rings. The number of anilines is 1. The Morgan fingerprint density at radius 1 is 1.12 bits per heavy atom. The molecule has 2 N–H and O–H groups in total. The van der Waals surface area contributed by atoms with Gasteiger partial charge in [0.15, 0.2) is 0 Å². The van der Waals surface area contributed by atoms with E-state index < -0.39 is 0 Å². The van der Waals surface area contributed by atoms with Crippen LogP contribution in [0.5, 0.6) is 5.75 Å². The molecular formula is C25H24BrN3O3. The Kier molecular flexibility index (Phi) is 8.57. The second-order valence-electron chi connectivity index (χ2n) is 7.10. The number of rotatable bonds is 9. The van der Waals surface area contributed by atoms with Crippen molar-refractivity contribution in [3.05, 3.63) is 94.2 Å². The Morgan fingerprint density at radius 3 is 2.69 bits per heavy atom. The Hall–Kier alpha value is -3.45. The lowest BCUT2D eigenvalue weighted by Crippen LogP contribution is -2.26. The number of benzene rings is 2. The van der Waals surface area contributed by atoms with Crippen LogP contribution >= 0.6 is 15.9 Å². The van der Waals surface area contributed by atoms with Gasteiger partial charge in [0.2, 0.25) is 11.8 Å². The van der Waals surface area contributed by atoms with Crippen LogP contribution in [-0.2, 0) is 16.2 Å². The van der Waals surface area contributed by atoms with Crippen LogP contribution in [-0.4, -0.2) is 23.3 Å². The zero-order chi connectivity index (χ0) is 22.8. The molecule has 0 saturated carbocycles. The van der Waals surface area contributed by atoms with Gasteiger partial charge in [0.25, 0.3) is 0 Å². The van der Waals surface area contributed by atoms with E-state index in [0.29, 0.717) is 6.61 Å². The van der Waals surface area contributed by atoms with Crippen LogP contribution in [0, 0.1) is 6.92 Å². The molecule has 164 valence electrons. The number of hydrogen-bond acceptors (Lipinski definition) is 4. The molecule has 0 atom stereocenters. The average Bonchev–Trinajstić information content (AvgIpc) is 2.80. The topological polar surface area (TPSA) is 80.3 Å². The Labute approximate surface area is 195 Å². The number of amides is 2. The molecule has 0 aliphatic rings. The van der Waals surface area contributed by atoms with Gasteiger partial charge < -0.3 is 15.4 Å². The van der Waals surface area contributed by atoms with Crippen molar-refractivity contribution in [2.24, 2.45) is 0 Å². The van der Waals surface area contributed by atoms with E-state index in [0.717, 1.165) is 32.6 Å². The van der Waals surface area contributed by atoms with Crippen molar-refractivity contribution in [3.8, 4) is 5.75 Å². The lowest BCUT2D eigenvalue weighted by Gasteiger charge is -2.09. The fourth-order valence-electron chi connectivity index (χ4n) is 2.80. The van der Waals surface area contributed by atoms with E-state index in [1.807, 2.05) is 61.5 Å². The maximum Gasteiger partial charge on any atom is 0.244 e. The van der Waals surface area contributed by atoms with Gasteiger partial charge in [-0.25, -0.2) is 0 Å². The van der Waals surface area contributed by atoms with Crippen molar-refractivity contribution in [1.82, 2.24) is 10.3 Å². The highest BCUT2D eigenvalue weighted by atomic mass is 79.9. The second kappa shape index (κ2) is 11.8. The van der Waals surface area contributed by atoms with E-state index in [1.165, 1.54) is 6.08 Å². The highest BCUT2D eigenvalue weighted by Gasteiger charge is 2.06. The van der Waals surface area contributed by atoms with Crippen molar-refractivity contribution < 1.29 is 14.3 Å². The predicted molar refractivity (Wildman–Crippen MR) is 129 cm³/mol. The fourth-order valence-corrected chi connectivity index (χ4v) is 3.16. The number of nitrogens with one attached hydrogen (secondary N) is 2. The molecular weight excluding hydrogens is 470 g/mol. The Morgan fingerprint density at radius 2 is 1.94 bits per heavy atom. The molecule has 2 aromatic carbocycles. The minimum atomic E-state index is -0.256. The third kappa shape index (κ3) is 7.67. The van der Waals surface area contributed by atoms with Crippen LogP contribution in [0.25, 0.3) is 6.08 Å². The van der Waals surface area contributed by atoms with Crippen molar-refractivity contribution in [2.45, 2.75) is 20.0 Å².